The highest BCUT2D eigenvalue weighted by atomic mass is 16.5. The first-order chi connectivity index (χ1) is 4.35. The van der Waals surface area contributed by atoms with Crippen LogP contribution in [0.5, 0.6) is 0 Å². The van der Waals surface area contributed by atoms with Crippen molar-refractivity contribution in [2.75, 3.05) is 7.11 Å². The van der Waals surface area contributed by atoms with Crippen LogP contribution in [0.3, 0.4) is 0 Å². The first kappa shape index (κ1) is 8.96. The van der Waals surface area contributed by atoms with E-state index in [1.54, 1.807) is 7.11 Å². The van der Waals surface area contributed by atoms with Gasteiger partial charge in [-0.3, -0.25) is 0 Å². The molecule has 0 aromatic heterocycles. The van der Waals surface area contributed by atoms with E-state index in [-0.39, 0.29) is 0 Å². The summed E-state index contributed by atoms with van der Waals surface area (Å²) < 4.78 is 5.23. The van der Waals surface area contributed by atoms with Gasteiger partial charge < -0.3 is 4.74 Å². The molecule has 0 N–H and O–H groups in total. The van der Waals surface area contributed by atoms with Crippen LogP contribution in [0.1, 0.15) is 39.5 Å². The summed E-state index contributed by atoms with van der Waals surface area (Å²) in [5.41, 5.74) is 0. The predicted molar refractivity (Wildman–Crippen MR) is 40.6 cm³/mol. The highest BCUT2D eigenvalue weighted by Gasteiger charge is 2.01. The molecule has 0 unspecified atom stereocenters. The van der Waals surface area contributed by atoms with Gasteiger partial charge in [-0.1, -0.05) is 26.7 Å². The van der Waals surface area contributed by atoms with Crippen molar-refractivity contribution in [3.8, 4) is 0 Å². The molecule has 0 radical (unpaired) electrons. The second kappa shape index (κ2) is 6.09. The van der Waals surface area contributed by atoms with Crippen LogP contribution in [0, 0.1) is 0 Å². The highest BCUT2D eigenvalue weighted by molar-refractivity contribution is 4.53. The molecular weight excluding hydrogens is 112 g/mol. The molecule has 0 rings (SSSR count). The molecule has 0 aromatic rings. The highest BCUT2D eigenvalue weighted by Crippen LogP contribution is 2.06. The maximum atomic E-state index is 5.23. The molecule has 1 heteroatoms. The molecule has 0 aliphatic rings. The molecule has 56 valence electrons. The maximum absolute atomic E-state index is 5.23. The number of hydrogen-bond acceptors (Lipinski definition) is 1. The van der Waals surface area contributed by atoms with Crippen LogP contribution in [-0.2, 0) is 4.74 Å². The molecule has 0 heterocycles. The first-order valence-electron chi connectivity index (χ1n) is 3.87. The number of rotatable bonds is 5. The standard InChI is InChI=1S/C8H18O/c1-4-6-8(9-3)7-5-2/h8H,4-7H2,1-3H3. The Balaban J connectivity index is 3.18. The maximum Gasteiger partial charge on any atom is 0.0571 e. The Morgan fingerprint density at radius 2 is 1.56 bits per heavy atom. The van der Waals surface area contributed by atoms with Gasteiger partial charge in [0.25, 0.3) is 0 Å². The van der Waals surface area contributed by atoms with Crippen LogP contribution in [0.25, 0.3) is 0 Å². The van der Waals surface area contributed by atoms with E-state index in [1.165, 1.54) is 25.7 Å². The Morgan fingerprint density at radius 3 is 1.78 bits per heavy atom. The van der Waals surface area contributed by atoms with Crippen LogP contribution in [0.2, 0.25) is 0 Å². The van der Waals surface area contributed by atoms with E-state index in [1.807, 2.05) is 0 Å². The lowest BCUT2D eigenvalue weighted by atomic mass is 10.1. The van der Waals surface area contributed by atoms with Gasteiger partial charge in [0.05, 0.1) is 6.10 Å². The number of ether oxygens (including phenoxy) is 1. The predicted octanol–water partition coefficient (Wildman–Crippen LogP) is 2.60. The summed E-state index contributed by atoms with van der Waals surface area (Å²) in [6.07, 6.45) is 5.41. The van der Waals surface area contributed by atoms with Crippen molar-refractivity contribution in [3.05, 3.63) is 0 Å². The van der Waals surface area contributed by atoms with Crippen molar-refractivity contribution in [2.24, 2.45) is 0 Å². The van der Waals surface area contributed by atoms with Crippen molar-refractivity contribution in [1.29, 1.82) is 0 Å². The average molecular weight is 130 g/mol. The van der Waals surface area contributed by atoms with Crippen molar-refractivity contribution in [2.45, 2.75) is 45.6 Å². The molecule has 0 bridgehead atoms. The molecule has 0 saturated carbocycles. The summed E-state index contributed by atoms with van der Waals surface area (Å²) in [4.78, 5) is 0. The van der Waals surface area contributed by atoms with E-state index >= 15 is 0 Å². The second-order valence-corrected chi connectivity index (χ2v) is 2.44. The minimum absolute atomic E-state index is 0.514. The van der Waals surface area contributed by atoms with Crippen molar-refractivity contribution < 1.29 is 4.74 Å². The molecule has 0 aliphatic heterocycles. The normalized spacial score (nSPS) is 10.7. The molecule has 0 saturated heterocycles. The fourth-order valence-electron chi connectivity index (χ4n) is 1.02. The third kappa shape index (κ3) is 4.46. The third-order valence-corrected chi connectivity index (χ3v) is 1.55. The van der Waals surface area contributed by atoms with Crippen molar-refractivity contribution in [1.82, 2.24) is 0 Å². The average Bonchev–Trinajstić information content (AvgIpc) is 1.88. The summed E-state index contributed by atoms with van der Waals surface area (Å²) in [5.74, 6) is 0. The zero-order chi connectivity index (χ0) is 7.11. The van der Waals surface area contributed by atoms with E-state index < -0.39 is 0 Å². The quantitative estimate of drug-likeness (QED) is 0.556. The third-order valence-electron chi connectivity index (χ3n) is 1.55. The largest absolute Gasteiger partial charge is 0.381 e. The summed E-state index contributed by atoms with van der Waals surface area (Å²) in [7, 11) is 1.80. The molecular formula is C8H18O. The number of methoxy groups -OCH3 is 1. The lowest BCUT2D eigenvalue weighted by molar-refractivity contribution is 0.0868. The topological polar surface area (TPSA) is 9.23 Å². The minimum Gasteiger partial charge on any atom is -0.381 e. The Kier molecular flexibility index (Phi) is 6.06. The summed E-state index contributed by atoms with van der Waals surface area (Å²) in [6, 6.07) is 0. The van der Waals surface area contributed by atoms with Crippen LogP contribution in [0.15, 0.2) is 0 Å². The Hall–Kier alpha value is -0.0400. The molecule has 0 fully saturated rings. The zero-order valence-electron chi connectivity index (χ0n) is 6.81. The Morgan fingerprint density at radius 1 is 1.11 bits per heavy atom. The Labute approximate surface area is 58.4 Å². The van der Waals surface area contributed by atoms with Crippen LogP contribution in [0.4, 0.5) is 0 Å². The van der Waals surface area contributed by atoms with Gasteiger partial charge >= 0.3 is 0 Å². The van der Waals surface area contributed by atoms with Gasteiger partial charge in [-0.2, -0.15) is 0 Å². The van der Waals surface area contributed by atoms with Crippen molar-refractivity contribution >= 4 is 0 Å². The molecule has 9 heavy (non-hydrogen) atoms. The van der Waals surface area contributed by atoms with Gasteiger partial charge in [-0.15, -0.1) is 0 Å². The van der Waals surface area contributed by atoms with Gasteiger partial charge in [0.1, 0.15) is 0 Å². The monoisotopic (exact) mass is 130 g/mol. The zero-order valence-corrected chi connectivity index (χ0v) is 6.81. The fraction of sp³-hybridized carbons (Fsp3) is 1.00. The summed E-state index contributed by atoms with van der Waals surface area (Å²) in [6.45, 7) is 4.39. The smallest absolute Gasteiger partial charge is 0.0571 e. The fourth-order valence-corrected chi connectivity index (χ4v) is 1.02. The lowest BCUT2D eigenvalue weighted by Crippen LogP contribution is -2.08. The summed E-state index contributed by atoms with van der Waals surface area (Å²) in [5, 5.41) is 0. The van der Waals surface area contributed by atoms with Gasteiger partial charge in [-0.05, 0) is 12.8 Å². The van der Waals surface area contributed by atoms with Crippen LogP contribution < -0.4 is 0 Å². The molecule has 0 aliphatic carbocycles. The molecule has 0 atom stereocenters. The molecule has 0 spiro atoms. The van der Waals surface area contributed by atoms with E-state index in [4.69, 9.17) is 4.74 Å². The molecule has 0 aromatic carbocycles. The van der Waals surface area contributed by atoms with Crippen LogP contribution >= 0.6 is 0 Å². The summed E-state index contributed by atoms with van der Waals surface area (Å²) >= 11 is 0. The molecule has 1 nitrogen and oxygen atoms in total. The van der Waals surface area contributed by atoms with Gasteiger partial charge in [0.2, 0.25) is 0 Å². The molecule has 0 amide bonds. The second-order valence-electron chi connectivity index (χ2n) is 2.44. The number of hydrogen-bond donors (Lipinski definition) is 0. The van der Waals surface area contributed by atoms with Crippen molar-refractivity contribution in [3.63, 3.8) is 0 Å². The van der Waals surface area contributed by atoms with E-state index in [0.29, 0.717) is 6.10 Å². The van der Waals surface area contributed by atoms with Gasteiger partial charge in [0.15, 0.2) is 0 Å². The van der Waals surface area contributed by atoms with E-state index in [0.717, 1.165) is 0 Å². The van der Waals surface area contributed by atoms with Gasteiger partial charge in [0, 0.05) is 7.11 Å². The SMILES string of the molecule is CCCC(CCC)OC. The lowest BCUT2D eigenvalue weighted by Gasteiger charge is -2.11. The van der Waals surface area contributed by atoms with E-state index in [2.05, 4.69) is 13.8 Å². The van der Waals surface area contributed by atoms with Crippen LogP contribution in [-0.4, -0.2) is 13.2 Å². The minimum atomic E-state index is 0.514. The van der Waals surface area contributed by atoms with E-state index in [9.17, 15) is 0 Å². The van der Waals surface area contributed by atoms with Gasteiger partial charge in [-0.25, -0.2) is 0 Å². The Bertz CT molecular complexity index is 46.5. The first-order valence-corrected chi connectivity index (χ1v) is 3.87.